The Labute approximate surface area is 118 Å². The highest BCUT2D eigenvalue weighted by Crippen LogP contribution is 2.37. The number of rotatable bonds is 4. The summed E-state index contributed by atoms with van der Waals surface area (Å²) in [5.41, 5.74) is 2.65. The number of fused-ring (bicyclic) bond motifs is 1. The fraction of sp³-hybridized carbons (Fsp3) is 0.438. The number of benzene rings is 1. The van der Waals surface area contributed by atoms with Crippen molar-refractivity contribution < 1.29 is 9.32 Å². The molecule has 0 spiro atoms. The van der Waals surface area contributed by atoms with Gasteiger partial charge in [0.2, 0.25) is 5.89 Å². The minimum Gasteiger partial charge on any atom is -0.339 e. The lowest BCUT2D eigenvalue weighted by molar-refractivity contribution is -0.119. The summed E-state index contributed by atoms with van der Waals surface area (Å²) in [5, 5.41) is 4.11. The van der Waals surface area contributed by atoms with Gasteiger partial charge in [0.05, 0.1) is 5.92 Å². The van der Waals surface area contributed by atoms with E-state index < -0.39 is 0 Å². The smallest absolute Gasteiger partial charge is 0.237 e. The minimum atomic E-state index is -0.270. The maximum absolute atomic E-state index is 11.6. The predicted octanol–water partition coefficient (Wildman–Crippen LogP) is 3.23. The second kappa shape index (κ2) is 5.19. The van der Waals surface area contributed by atoms with Crippen LogP contribution in [-0.4, -0.2) is 15.9 Å². The highest BCUT2D eigenvalue weighted by atomic mass is 16.5. The van der Waals surface area contributed by atoms with Crippen LogP contribution < -0.4 is 0 Å². The van der Waals surface area contributed by atoms with E-state index in [2.05, 4.69) is 28.3 Å². The van der Waals surface area contributed by atoms with Gasteiger partial charge in [0.15, 0.2) is 5.82 Å². The molecule has 2 atom stereocenters. The Morgan fingerprint density at radius 2 is 2.25 bits per heavy atom. The molecule has 0 radical (unpaired) electrons. The normalized spacial score (nSPS) is 18.8. The first-order valence-electron chi connectivity index (χ1n) is 7.12. The standard InChI is InChI=1S/C16H18N2O2/c1-3-12(10(2)19)16-17-15(18-20-16)14-9-8-11-6-4-5-7-13(11)14/h4-7,12,14H,3,8-9H2,1-2H3. The largest absolute Gasteiger partial charge is 0.339 e. The fourth-order valence-corrected chi connectivity index (χ4v) is 2.99. The van der Waals surface area contributed by atoms with E-state index in [1.165, 1.54) is 11.1 Å². The van der Waals surface area contributed by atoms with Gasteiger partial charge in [-0.25, -0.2) is 0 Å². The summed E-state index contributed by atoms with van der Waals surface area (Å²) in [6, 6.07) is 8.39. The van der Waals surface area contributed by atoms with Gasteiger partial charge in [-0.2, -0.15) is 4.98 Å². The molecule has 2 unspecified atom stereocenters. The molecule has 0 aliphatic heterocycles. The topological polar surface area (TPSA) is 56.0 Å². The van der Waals surface area contributed by atoms with Gasteiger partial charge in [-0.15, -0.1) is 0 Å². The molecule has 1 aliphatic rings. The average molecular weight is 270 g/mol. The molecule has 0 saturated carbocycles. The van der Waals surface area contributed by atoms with E-state index in [4.69, 9.17) is 4.52 Å². The number of nitrogens with zero attached hydrogens (tertiary/aromatic N) is 2. The molecule has 1 aliphatic carbocycles. The minimum absolute atomic E-state index is 0.0783. The lowest BCUT2D eigenvalue weighted by Gasteiger charge is -2.06. The monoisotopic (exact) mass is 270 g/mol. The lowest BCUT2D eigenvalue weighted by Crippen LogP contribution is -2.08. The molecule has 20 heavy (non-hydrogen) atoms. The molecular formula is C16H18N2O2. The molecule has 104 valence electrons. The molecule has 4 heteroatoms. The van der Waals surface area contributed by atoms with Crippen LogP contribution in [0.25, 0.3) is 0 Å². The molecule has 1 aromatic carbocycles. The zero-order valence-electron chi connectivity index (χ0n) is 11.8. The maximum atomic E-state index is 11.6. The molecule has 1 aromatic heterocycles. The summed E-state index contributed by atoms with van der Waals surface area (Å²) in [4.78, 5) is 16.1. The molecule has 0 saturated heterocycles. The van der Waals surface area contributed by atoms with E-state index in [1.54, 1.807) is 6.92 Å². The molecular weight excluding hydrogens is 252 g/mol. The van der Waals surface area contributed by atoms with Crippen molar-refractivity contribution in [3.05, 3.63) is 47.1 Å². The number of hydrogen-bond acceptors (Lipinski definition) is 4. The summed E-state index contributed by atoms with van der Waals surface area (Å²) < 4.78 is 5.32. The van der Waals surface area contributed by atoms with E-state index in [-0.39, 0.29) is 17.6 Å². The van der Waals surface area contributed by atoms with Gasteiger partial charge in [0.1, 0.15) is 5.78 Å². The van der Waals surface area contributed by atoms with Crippen molar-refractivity contribution in [2.24, 2.45) is 0 Å². The third-order valence-electron chi connectivity index (χ3n) is 4.10. The summed E-state index contributed by atoms with van der Waals surface area (Å²) in [6.07, 6.45) is 2.75. The summed E-state index contributed by atoms with van der Waals surface area (Å²) in [7, 11) is 0. The highest BCUT2D eigenvalue weighted by Gasteiger charge is 2.29. The van der Waals surface area contributed by atoms with Crippen molar-refractivity contribution in [3.63, 3.8) is 0 Å². The molecule has 0 fully saturated rings. The molecule has 0 N–H and O–H groups in total. The zero-order valence-corrected chi connectivity index (χ0v) is 11.8. The molecule has 1 heterocycles. The number of aryl methyl sites for hydroxylation is 1. The Hall–Kier alpha value is -1.97. The summed E-state index contributed by atoms with van der Waals surface area (Å²) in [5.74, 6) is 1.18. The van der Waals surface area contributed by atoms with Gasteiger partial charge >= 0.3 is 0 Å². The SMILES string of the molecule is CCC(C(C)=O)c1nc(C2CCc3ccccc32)no1. The molecule has 4 nitrogen and oxygen atoms in total. The molecule has 0 bridgehead atoms. The van der Waals surface area contributed by atoms with Crippen molar-refractivity contribution in [2.75, 3.05) is 0 Å². The number of aromatic nitrogens is 2. The number of ketones is 1. The second-order valence-corrected chi connectivity index (χ2v) is 5.35. The Morgan fingerprint density at radius 1 is 1.45 bits per heavy atom. The van der Waals surface area contributed by atoms with E-state index in [9.17, 15) is 4.79 Å². The average Bonchev–Trinajstić information content (AvgIpc) is 3.05. The number of carbonyl (C=O) groups is 1. The van der Waals surface area contributed by atoms with Crippen LogP contribution >= 0.6 is 0 Å². The number of carbonyl (C=O) groups excluding carboxylic acids is 1. The first-order valence-corrected chi connectivity index (χ1v) is 7.12. The fourth-order valence-electron chi connectivity index (χ4n) is 2.99. The maximum Gasteiger partial charge on any atom is 0.237 e. The van der Waals surface area contributed by atoms with Crippen LogP contribution in [-0.2, 0) is 11.2 Å². The Morgan fingerprint density at radius 3 is 3.00 bits per heavy atom. The molecule has 0 amide bonds. The van der Waals surface area contributed by atoms with Crippen molar-refractivity contribution >= 4 is 5.78 Å². The molecule has 2 aromatic rings. The van der Waals surface area contributed by atoms with Crippen LogP contribution in [0.1, 0.15) is 61.4 Å². The zero-order chi connectivity index (χ0) is 14.1. The van der Waals surface area contributed by atoms with E-state index in [0.717, 1.165) is 12.8 Å². The molecule has 3 rings (SSSR count). The van der Waals surface area contributed by atoms with Gasteiger partial charge in [0.25, 0.3) is 0 Å². The van der Waals surface area contributed by atoms with Crippen molar-refractivity contribution in [3.8, 4) is 0 Å². The Bertz CT molecular complexity index is 633. The number of Topliss-reactive ketones (excluding diaryl/α,β-unsaturated/α-hetero) is 1. The van der Waals surface area contributed by atoms with Crippen LogP contribution in [0.2, 0.25) is 0 Å². The van der Waals surface area contributed by atoms with Crippen LogP contribution in [0.4, 0.5) is 0 Å². The first-order chi connectivity index (χ1) is 9.70. The van der Waals surface area contributed by atoms with Crippen LogP contribution in [0.3, 0.4) is 0 Å². The van der Waals surface area contributed by atoms with E-state index in [1.807, 2.05) is 13.0 Å². The van der Waals surface area contributed by atoms with Gasteiger partial charge in [-0.1, -0.05) is 36.3 Å². The van der Waals surface area contributed by atoms with Gasteiger partial charge < -0.3 is 4.52 Å². The second-order valence-electron chi connectivity index (χ2n) is 5.35. The first kappa shape index (κ1) is 13.0. The van der Waals surface area contributed by atoms with Crippen molar-refractivity contribution in [1.29, 1.82) is 0 Å². The Balaban J connectivity index is 1.90. The third kappa shape index (κ3) is 2.15. The summed E-state index contributed by atoms with van der Waals surface area (Å²) in [6.45, 7) is 3.53. The van der Waals surface area contributed by atoms with E-state index in [0.29, 0.717) is 18.1 Å². The highest BCUT2D eigenvalue weighted by molar-refractivity contribution is 5.82. The van der Waals surface area contributed by atoms with E-state index >= 15 is 0 Å². The Kier molecular flexibility index (Phi) is 3.38. The van der Waals surface area contributed by atoms with Crippen LogP contribution in [0, 0.1) is 0 Å². The van der Waals surface area contributed by atoms with Crippen LogP contribution in [0.5, 0.6) is 0 Å². The van der Waals surface area contributed by atoms with Crippen LogP contribution in [0.15, 0.2) is 28.8 Å². The quantitative estimate of drug-likeness (QED) is 0.856. The predicted molar refractivity (Wildman–Crippen MR) is 74.6 cm³/mol. The van der Waals surface area contributed by atoms with Gasteiger partial charge in [0, 0.05) is 5.92 Å². The van der Waals surface area contributed by atoms with Gasteiger partial charge in [-0.3, -0.25) is 4.79 Å². The number of hydrogen-bond donors (Lipinski definition) is 0. The van der Waals surface area contributed by atoms with Crippen molar-refractivity contribution in [2.45, 2.75) is 44.9 Å². The van der Waals surface area contributed by atoms with Gasteiger partial charge in [-0.05, 0) is 37.3 Å². The summed E-state index contributed by atoms with van der Waals surface area (Å²) >= 11 is 0. The lowest BCUT2D eigenvalue weighted by atomic mass is 10.00. The third-order valence-corrected chi connectivity index (χ3v) is 4.10. The van der Waals surface area contributed by atoms with Crippen molar-refractivity contribution in [1.82, 2.24) is 10.1 Å².